The van der Waals surface area contributed by atoms with Crippen LogP contribution < -0.4 is 10.1 Å². The Kier molecular flexibility index (Phi) is 6.38. The molecule has 0 saturated carbocycles. The van der Waals surface area contributed by atoms with Crippen molar-refractivity contribution in [1.82, 2.24) is 5.32 Å². The Morgan fingerprint density at radius 1 is 0.958 bits per heavy atom. The molecule has 0 atom stereocenters. The van der Waals surface area contributed by atoms with Crippen molar-refractivity contribution < 1.29 is 14.3 Å². The topological polar surface area (TPSA) is 47.6 Å². The summed E-state index contributed by atoms with van der Waals surface area (Å²) in [5.74, 6) is 0.290. The third-order valence-corrected chi connectivity index (χ3v) is 3.56. The highest BCUT2D eigenvalue weighted by molar-refractivity contribution is 5.79. The lowest BCUT2D eigenvalue weighted by molar-refractivity contribution is -0.158. The summed E-state index contributed by atoms with van der Waals surface area (Å²) in [6, 6.07) is 18.0. The first-order chi connectivity index (χ1) is 11.5. The summed E-state index contributed by atoms with van der Waals surface area (Å²) in [5, 5.41) is 3.41. The van der Waals surface area contributed by atoms with Crippen LogP contribution in [0.4, 0.5) is 0 Å². The number of esters is 1. The fourth-order valence-corrected chi connectivity index (χ4v) is 2.26. The lowest BCUT2D eigenvalue weighted by atomic mass is 10.1. The van der Waals surface area contributed by atoms with E-state index in [2.05, 4.69) is 17.4 Å². The van der Waals surface area contributed by atoms with E-state index >= 15 is 0 Å². The van der Waals surface area contributed by atoms with Crippen LogP contribution in [0.3, 0.4) is 0 Å². The monoisotopic (exact) mass is 327 g/mol. The number of hydrogen-bond acceptors (Lipinski definition) is 4. The third-order valence-electron chi connectivity index (χ3n) is 3.56. The maximum absolute atomic E-state index is 11.9. The molecule has 4 nitrogen and oxygen atoms in total. The van der Waals surface area contributed by atoms with Gasteiger partial charge in [-0.05, 0) is 44.0 Å². The molecule has 2 aromatic carbocycles. The van der Waals surface area contributed by atoms with E-state index in [-0.39, 0.29) is 5.97 Å². The van der Waals surface area contributed by atoms with Crippen molar-refractivity contribution in [2.24, 2.45) is 0 Å². The molecule has 0 unspecified atom stereocenters. The minimum atomic E-state index is -0.997. The Morgan fingerprint density at radius 2 is 1.54 bits per heavy atom. The zero-order valence-electron chi connectivity index (χ0n) is 14.5. The lowest BCUT2D eigenvalue weighted by Crippen LogP contribution is -2.39. The predicted octanol–water partition coefficient (Wildman–Crippen LogP) is 3.70. The van der Waals surface area contributed by atoms with Crippen molar-refractivity contribution >= 4 is 5.97 Å². The summed E-state index contributed by atoms with van der Waals surface area (Å²) in [6.45, 7) is 7.15. The van der Waals surface area contributed by atoms with Gasteiger partial charge >= 0.3 is 5.97 Å². The van der Waals surface area contributed by atoms with E-state index < -0.39 is 5.60 Å². The molecule has 0 aromatic heterocycles. The fraction of sp³-hybridized carbons (Fsp3) is 0.350. The van der Waals surface area contributed by atoms with Gasteiger partial charge in [0.25, 0.3) is 0 Å². The summed E-state index contributed by atoms with van der Waals surface area (Å²) >= 11 is 0. The quantitative estimate of drug-likeness (QED) is 0.751. The lowest BCUT2D eigenvalue weighted by Gasteiger charge is -2.24. The van der Waals surface area contributed by atoms with Crippen molar-refractivity contribution in [3.8, 4) is 5.75 Å². The predicted molar refractivity (Wildman–Crippen MR) is 94.8 cm³/mol. The van der Waals surface area contributed by atoms with E-state index in [0.717, 1.165) is 18.7 Å². The fourth-order valence-electron chi connectivity index (χ4n) is 2.26. The second-order valence-corrected chi connectivity index (χ2v) is 6.07. The highest BCUT2D eigenvalue weighted by Crippen LogP contribution is 2.20. The van der Waals surface area contributed by atoms with Gasteiger partial charge in [-0.1, -0.05) is 42.5 Å². The summed E-state index contributed by atoms with van der Waals surface area (Å²) in [4.78, 5) is 11.9. The summed E-state index contributed by atoms with van der Waals surface area (Å²) in [7, 11) is 0. The first-order valence-corrected chi connectivity index (χ1v) is 8.21. The maximum atomic E-state index is 11.9. The molecule has 1 N–H and O–H groups in total. The number of rotatable bonds is 8. The first-order valence-electron chi connectivity index (χ1n) is 8.21. The van der Waals surface area contributed by atoms with Gasteiger partial charge < -0.3 is 14.8 Å². The van der Waals surface area contributed by atoms with Gasteiger partial charge in [-0.2, -0.15) is 0 Å². The van der Waals surface area contributed by atoms with E-state index in [1.165, 1.54) is 5.56 Å². The van der Waals surface area contributed by atoms with Gasteiger partial charge in [0.15, 0.2) is 5.60 Å². The van der Waals surface area contributed by atoms with E-state index in [1.54, 1.807) is 20.8 Å². The number of hydrogen-bond donors (Lipinski definition) is 1. The molecule has 2 rings (SSSR count). The van der Waals surface area contributed by atoms with Crippen molar-refractivity contribution in [1.29, 1.82) is 0 Å². The van der Waals surface area contributed by atoms with E-state index in [4.69, 9.17) is 9.47 Å². The van der Waals surface area contributed by atoms with Crippen LogP contribution in [0.15, 0.2) is 54.6 Å². The Balaban J connectivity index is 1.85. The largest absolute Gasteiger partial charge is 0.476 e. The molecule has 0 saturated heterocycles. The molecule has 0 heterocycles. The molecule has 0 spiro atoms. The number of carbonyl (C=O) groups is 1. The summed E-state index contributed by atoms with van der Waals surface area (Å²) in [6.07, 6.45) is 0. The summed E-state index contributed by atoms with van der Waals surface area (Å²) < 4.78 is 10.8. The molecule has 24 heavy (non-hydrogen) atoms. The third kappa shape index (κ3) is 5.39. The SMILES string of the molecule is CCOC(=O)C(C)(C)Oc1ccc(CNCc2ccccc2)cc1. The van der Waals surface area contributed by atoms with Gasteiger partial charge in [0, 0.05) is 13.1 Å². The molecular formula is C20H25NO3. The van der Waals surface area contributed by atoms with Gasteiger partial charge in [0.1, 0.15) is 5.75 Å². The van der Waals surface area contributed by atoms with Crippen molar-refractivity contribution in [2.75, 3.05) is 6.61 Å². The van der Waals surface area contributed by atoms with Crippen molar-refractivity contribution in [3.05, 3.63) is 65.7 Å². The zero-order valence-corrected chi connectivity index (χ0v) is 14.5. The highest BCUT2D eigenvalue weighted by Gasteiger charge is 2.31. The first kappa shape index (κ1) is 18.0. The minimum Gasteiger partial charge on any atom is -0.476 e. The van der Waals surface area contributed by atoms with Crippen LogP contribution >= 0.6 is 0 Å². The van der Waals surface area contributed by atoms with Gasteiger partial charge in [-0.3, -0.25) is 0 Å². The molecule has 4 heteroatoms. The Morgan fingerprint density at radius 3 is 2.12 bits per heavy atom. The van der Waals surface area contributed by atoms with Gasteiger partial charge in [0.05, 0.1) is 6.61 Å². The number of ether oxygens (including phenoxy) is 2. The average molecular weight is 327 g/mol. The van der Waals surface area contributed by atoms with E-state index in [1.807, 2.05) is 42.5 Å². The molecule has 0 radical (unpaired) electrons. The summed E-state index contributed by atoms with van der Waals surface area (Å²) in [5.41, 5.74) is 1.42. The zero-order chi connectivity index (χ0) is 17.4. The van der Waals surface area contributed by atoms with Crippen LogP contribution in [-0.2, 0) is 22.6 Å². The maximum Gasteiger partial charge on any atom is 0.349 e. The van der Waals surface area contributed by atoms with Crippen molar-refractivity contribution in [2.45, 2.75) is 39.5 Å². The van der Waals surface area contributed by atoms with Crippen LogP contribution in [0.25, 0.3) is 0 Å². The standard InChI is InChI=1S/C20H25NO3/c1-4-23-19(22)20(2,3)24-18-12-10-17(11-13-18)15-21-14-16-8-6-5-7-9-16/h5-13,21H,4,14-15H2,1-3H3. The van der Waals surface area contributed by atoms with E-state index in [9.17, 15) is 4.79 Å². The second-order valence-electron chi connectivity index (χ2n) is 6.07. The Bertz CT molecular complexity index is 636. The second kappa shape index (κ2) is 8.50. The van der Waals surface area contributed by atoms with E-state index in [0.29, 0.717) is 12.4 Å². The molecule has 0 aliphatic heterocycles. The number of nitrogens with one attached hydrogen (secondary N) is 1. The molecular weight excluding hydrogens is 302 g/mol. The normalized spacial score (nSPS) is 11.1. The number of carbonyl (C=O) groups excluding carboxylic acids is 1. The molecule has 0 aliphatic carbocycles. The average Bonchev–Trinajstić information content (AvgIpc) is 2.57. The van der Waals surface area contributed by atoms with Crippen LogP contribution in [-0.4, -0.2) is 18.2 Å². The van der Waals surface area contributed by atoms with Gasteiger partial charge in [0.2, 0.25) is 0 Å². The van der Waals surface area contributed by atoms with Crippen molar-refractivity contribution in [3.63, 3.8) is 0 Å². The molecule has 0 aliphatic rings. The van der Waals surface area contributed by atoms with Crippen LogP contribution in [0, 0.1) is 0 Å². The smallest absolute Gasteiger partial charge is 0.349 e. The molecule has 2 aromatic rings. The minimum absolute atomic E-state index is 0.345. The molecule has 0 amide bonds. The number of benzene rings is 2. The Hall–Kier alpha value is -2.33. The van der Waals surface area contributed by atoms with Crippen LogP contribution in [0.5, 0.6) is 5.75 Å². The van der Waals surface area contributed by atoms with Gasteiger partial charge in [-0.15, -0.1) is 0 Å². The highest BCUT2D eigenvalue weighted by atomic mass is 16.6. The van der Waals surface area contributed by atoms with Gasteiger partial charge in [-0.25, -0.2) is 4.79 Å². The molecule has 0 fully saturated rings. The molecule has 128 valence electrons. The van der Waals surface area contributed by atoms with Crippen LogP contribution in [0.2, 0.25) is 0 Å². The molecule has 0 bridgehead atoms. The van der Waals surface area contributed by atoms with Crippen LogP contribution in [0.1, 0.15) is 31.9 Å². The Labute approximate surface area is 143 Å².